The van der Waals surface area contributed by atoms with Crippen molar-refractivity contribution in [1.82, 2.24) is 10.3 Å². The fraction of sp³-hybridized carbons (Fsp3) is 0.167. The Bertz CT molecular complexity index is 443. The Labute approximate surface area is 83.0 Å². The van der Waals surface area contributed by atoms with E-state index in [1.54, 1.807) is 0 Å². The Balaban J connectivity index is 2.09. The number of fused-ring (bicyclic) bond motifs is 1. The van der Waals surface area contributed by atoms with Crippen LogP contribution in [0, 0.1) is 0 Å². The molecule has 2 nitrogen and oxygen atoms in total. The molecule has 1 aromatic carbocycles. The minimum Gasteiger partial charge on any atom is -0.361 e. The van der Waals surface area contributed by atoms with Crippen LogP contribution in [0.4, 0.5) is 0 Å². The first-order valence-corrected chi connectivity index (χ1v) is 4.90. The Morgan fingerprint density at radius 1 is 1.00 bits per heavy atom. The van der Waals surface area contributed by atoms with Crippen LogP contribution in [-0.2, 0) is 13.1 Å². The molecule has 0 spiro atoms. The molecule has 2 aromatic rings. The van der Waals surface area contributed by atoms with E-state index in [4.69, 9.17) is 0 Å². The minimum absolute atomic E-state index is 1.00. The summed E-state index contributed by atoms with van der Waals surface area (Å²) in [5.41, 5.74) is 5.33. The van der Waals surface area contributed by atoms with Crippen molar-refractivity contribution in [2.24, 2.45) is 0 Å². The largest absolute Gasteiger partial charge is 0.361 e. The third-order valence-electron chi connectivity index (χ3n) is 2.75. The highest BCUT2D eigenvalue weighted by molar-refractivity contribution is 5.61. The molecule has 0 radical (unpaired) electrons. The van der Waals surface area contributed by atoms with E-state index < -0.39 is 0 Å². The topological polar surface area (TPSA) is 27.8 Å². The van der Waals surface area contributed by atoms with Crippen molar-refractivity contribution >= 4 is 0 Å². The molecule has 0 atom stereocenters. The first-order valence-electron chi connectivity index (χ1n) is 4.90. The number of rotatable bonds is 1. The zero-order valence-electron chi connectivity index (χ0n) is 7.88. The van der Waals surface area contributed by atoms with E-state index in [9.17, 15) is 0 Å². The monoisotopic (exact) mass is 184 g/mol. The number of hydrogen-bond acceptors (Lipinski definition) is 1. The maximum absolute atomic E-state index is 3.35. The molecule has 1 aliphatic rings. The van der Waals surface area contributed by atoms with Crippen LogP contribution < -0.4 is 5.32 Å². The maximum atomic E-state index is 3.35. The third kappa shape index (κ3) is 1.16. The maximum Gasteiger partial charge on any atom is 0.0453 e. The van der Waals surface area contributed by atoms with Crippen molar-refractivity contribution in [2.75, 3.05) is 0 Å². The second kappa shape index (κ2) is 3.00. The fourth-order valence-electron chi connectivity index (χ4n) is 1.97. The van der Waals surface area contributed by atoms with Crippen LogP contribution >= 0.6 is 0 Å². The van der Waals surface area contributed by atoms with Gasteiger partial charge in [0.15, 0.2) is 0 Å². The molecule has 0 amide bonds. The highest BCUT2D eigenvalue weighted by atomic mass is 14.9. The lowest BCUT2D eigenvalue weighted by molar-refractivity contribution is 0.765. The smallest absolute Gasteiger partial charge is 0.0453 e. The summed E-state index contributed by atoms with van der Waals surface area (Å²) >= 11 is 0. The highest BCUT2D eigenvalue weighted by Crippen LogP contribution is 2.23. The van der Waals surface area contributed by atoms with Crippen molar-refractivity contribution in [2.45, 2.75) is 13.1 Å². The summed E-state index contributed by atoms with van der Waals surface area (Å²) in [7, 11) is 0. The summed E-state index contributed by atoms with van der Waals surface area (Å²) in [6.45, 7) is 2.02. The molecular formula is C12H12N2. The molecule has 3 rings (SSSR count). The molecule has 70 valence electrons. The van der Waals surface area contributed by atoms with Crippen LogP contribution in [0.1, 0.15) is 11.1 Å². The SMILES string of the molecule is c1c[nH]c(-c2ccc3c(c2)CNC3)c1. The number of hydrogen-bond donors (Lipinski definition) is 2. The van der Waals surface area contributed by atoms with Crippen LogP contribution in [0.5, 0.6) is 0 Å². The van der Waals surface area contributed by atoms with Gasteiger partial charge in [-0.2, -0.15) is 0 Å². The molecule has 14 heavy (non-hydrogen) atoms. The molecular weight excluding hydrogens is 172 g/mol. The Kier molecular flexibility index (Phi) is 1.67. The molecule has 2 heteroatoms. The van der Waals surface area contributed by atoms with Gasteiger partial charge >= 0.3 is 0 Å². The van der Waals surface area contributed by atoms with Crippen molar-refractivity contribution in [3.8, 4) is 11.3 Å². The van der Waals surface area contributed by atoms with Crippen molar-refractivity contribution in [3.63, 3.8) is 0 Å². The molecule has 0 unspecified atom stereocenters. The van der Waals surface area contributed by atoms with Gasteiger partial charge in [-0.3, -0.25) is 0 Å². The van der Waals surface area contributed by atoms with E-state index >= 15 is 0 Å². The summed E-state index contributed by atoms with van der Waals surface area (Å²) in [6, 6.07) is 10.8. The van der Waals surface area contributed by atoms with E-state index in [-0.39, 0.29) is 0 Å². The second-order valence-electron chi connectivity index (χ2n) is 3.67. The molecule has 0 saturated heterocycles. The predicted molar refractivity (Wildman–Crippen MR) is 56.8 cm³/mol. The first-order chi connectivity index (χ1) is 6.93. The summed E-state index contributed by atoms with van der Waals surface area (Å²) < 4.78 is 0. The summed E-state index contributed by atoms with van der Waals surface area (Å²) in [5.74, 6) is 0. The van der Waals surface area contributed by atoms with Gasteiger partial charge in [-0.25, -0.2) is 0 Å². The number of H-pyrrole nitrogens is 1. The lowest BCUT2D eigenvalue weighted by Crippen LogP contribution is -1.99. The molecule has 2 heterocycles. The quantitative estimate of drug-likeness (QED) is 0.699. The molecule has 2 N–H and O–H groups in total. The normalized spacial score (nSPS) is 14.3. The van der Waals surface area contributed by atoms with Crippen molar-refractivity contribution < 1.29 is 0 Å². The van der Waals surface area contributed by atoms with Gasteiger partial charge in [-0.1, -0.05) is 12.1 Å². The fourth-order valence-corrected chi connectivity index (χ4v) is 1.97. The highest BCUT2D eigenvalue weighted by Gasteiger charge is 2.10. The average molecular weight is 184 g/mol. The lowest BCUT2D eigenvalue weighted by Gasteiger charge is -2.01. The van der Waals surface area contributed by atoms with Crippen LogP contribution in [0.3, 0.4) is 0 Å². The van der Waals surface area contributed by atoms with Crippen LogP contribution in [0.15, 0.2) is 36.5 Å². The Morgan fingerprint density at radius 2 is 1.93 bits per heavy atom. The van der Waals surface area contributed by atoms with Crippen LogP contribution in [0.25, 0.3) is 11.3 Å². The van der Waals surface area contributed by atoms with E-state index in [1.807, 2.05) is 12.3 Å². The standard InChI is InChI=1S/C12H12N2/c1-2-12(14-5-1)9-3-4-10-7-13-8-11(10)6-9/h1-6,13-14H,7-8H2. The second-order valence-corrected chi connectivity index (χ2v) is 3.67. The van der Waals surface area contributed by atoms with Crippen LogP contribution in [0.2, 0.25) is 0 Å². The average Bonchev–Trinajstić information content (AvgIpc) is 2.88. The zero-order valence-corrected chi connectivity index (χ0v) is 7.88. The molecule has 0 bridgehead atoms. The summed E-state index contributed by atoms with van der Waals surface area (Å²) in [6.07, 6.45) is 1.96. The van der Waals surface area contributed by atoms with Gasteiger partial charge in [0.25, 0.3) is 0 Å². The zero-order chi connectivity index (χ0) is 9.38. The lowest BCUT2D eigenvalue weighted by atomic mass is 10.0. The molecule has 0 saturated carbocycles. The molecule has 0 aliphatic carbocycles. The van der Waals surface area contributed by atoms with E-state index in [0.29, 0.717) is 0 Å². The Morgan fingerprint density at radius 3 is 2.79 bits per heavy atom. The number of benzene rings is 1. The van der Waals surface area contributed by atoms with E-state index in [0.717, 1.165) is 13.1 Å². The van der Waals surface area contributed by atoms with Gasteiger partial charge < -0.3 is 10.3 Å². The van der Waals surface area contributed by atoms with E-state index in [1.165, 1.54) is 22.4 Å². The van der Waals surface area contributed by atoms with Crippen LogP contribution in [-0.4, -0.2) is 4.98 Å². The van der Waals surface area contributed by atoms with Crippen molar-refractivity contribution in [3.05, 3.63) is 47.7 Å². The number of aromatic amines is 1. The van der Waals surface area contributed by atoms with Crippen molar-refractivity contribution in [1.29, 1.82) is 0 Å². The minimum atomic E-state index is 1.00. The third-order valence-corrected chi connectivity index (χ3v) is 2.75. The summed E-state index contributed by atoms with van der Waals surface area (Å²) in [4.78, 5) is 3.22. The van der Waals surface area contributed by atoms with Gasteiger partial charge in [0, 0.05) is 25.0 Å². The first kappa shape index (κ1) is 7.83. The van der Waals surface area contributed by atoms with Gasteiger partial charge in [-0.05, 0) is 34.9 Å². The van der Waals surface area contributed by atoms with Gasteiger partial charge in [0.05, 0.1) is 0 Å². The van der Waals surface area contributed by atoms with Gasteiger partial charge in [0.2, 0.25) is 0 Å². The number of aromatic nitrogens is 1. The summed E-state index contributed by atoms with van der Waals surface area (Å²) in [5, 5.41) is 3.35. The molecule has 1 aromatic heterocycles. The molecule has 1 aliphatic heterocycles. The molecule has 0 fully saturated rings. The van der Waals surface area contributed by atoms with Gasteiger partial charge in [-0.15, -0.1) is 0 Å². The predicted octanol–water partition coefficient (Wildman–Crippen LogP) is 2.28. The Hall–Kier alpha value is -1.54. The number of nitrogens with one attached hydrogen (secondary N) is 2. The van der Waals surface area contributed by atoms with E-state index in [2.05, 4.69) is 34.6 Å². The van der Waals surface area contributed by atoms with Gasteiger partial charge in [0.1, 0.15) is 0 Å².